The maximum absolute atomic E-state index is 10.5. The number of aliphatic carboxylic acids is 1. The second-order valence-electron chi connectivity index (χ2n) is 5.68. The second-order valence-corrected chi connectivity index (χ2v) is 6.49. The van der Waals surface area contributed by atoms with Crippen molar-refractivity contribution in [3.63, 3.8) is 0 Å². The van der Waals surface area contributed by atoms with Gasteiger partial charge < -0.3 is 14.9 Å². The lowest BCUT2D eigenvalue weighted by Gasteiger charge is -2.34. The fourth-order valence-electron chi connectivity index (χ4n) is 2.67. The summed E-state index contributed by atoms with van der Waals surface area (Å²) < 4.78 is 0. The lowest BCUT2D eigenvalue weighted by Crippen LogP contribution is -2.47. The van der Waals surface area contributed by atoms with Gasteiger partial charge in [0.15, 0.2) is 0 Å². The van der Waals surface area contributed by atoms with E-state index < -0.39 is 5.97 Å². The average molecular weight is 345 g/mol. The summed E-state index contributed by atoms with van der Waals surface area (Å²) in [5.74, 6) is -0.708. The molecule has 1 saturated heterocycles. The molecule has 1 aliphatic heterocycles. The molecule has 1 fully saturated rings. The molecule has 4 nitrogen and oxygen atoms in total. The Bertz CT molecular complexity index is 503. The number of piperazine rings is 1. The van der Waals surface area contributed by atoms with Crippen LogP contribution in [0.2, 0.25) is 10.0 Å². The number of benzene rings is 1. The molecule has 0 amide bonds. The zero-order valence-electron chi connectivity index (χ0n) is 12.6. The van der Waals surface area contributed by atoms with Gasteiger partial charge in [-0.05, 0) is 37.1 Å². The molecule has 2 rings (SSSR count). The van der Waals surface area contributed by atoms with Crippen LogP contribution in [-0.2, 0) is 11.2 Å². The summed E-state index contributed by atoms with van der Waals surface area (Å²) in [4.78, 5) is 15.3. The van der Waals surface area contributed by atoms with Gasteiger partial charge in [-0.2, -0.15) is 0 Å². The Morgan fingerprint density at radius 3 is 2.27 bits per heavy atom. The molecule has 0 bridgehead atoms. The summed E-state index contributed by atoms with van der Waals surface area (Å²) in [6.07, 6.45) is 1.96. The first-order valence-electron chi connectivity index (χ1n) is 7.65. The molecule has 122 valence electrons. The van der Waals surface area contributed by atoms with Gasteiger partial charge in [0.1, 0.15) is 0 Å². The molecule has 0 atom stereocenters. The summed E-state index contributed by atoms with van der Waals surface area (Å²) in [7, 11) is 0. The Hall–Kier alpha value is -0.810. The molecule has 1 aliphatic rings. The lowest BCUT2D eigenvalue weighted by molar-refractivity contribution is -0.137. The number of carbonyl (C=O) groups is 1. The largest absolute Gasteiger partial charge is 0.481 e. The molecule has 0 aliphatic carbocycles. The molecule has 6 heteroatoms. The van der Waals surface area contributed by atoms with Crippen molar-refractivity contribution in [2.45, 2.75) is 19.3 Å². The molecule has 1 N–H and O–H groups in total. The first-order chi connectivity index (χ1) is 10.5. The molecule has 0 spiro atoms. The Kier molecular flexibility index (Phi) is 6.96. The van der Waals surface area contributed by atoms with E-state index in [4.69, 9.17) is 28.3 Å². The molecular formula is C16H22Cl2N2O2. The maximum Gasteiger partial charge on any atom is 0.303 e. The van der Waals surface area contributed by atoms with Crippen LogP contribution in [0.5, 0.6) is 0 Å². The number of carboxylic acid groups (broad SMARTS) is 1. The minimum absolute atomic E-state index is 0.261. The van der Waals surface area contributed by atoms with Gasteiger partial charge >= 0.3 is 5.97 Å². The number of carboxylic acids is 1. The van der Waals surface area contributed by atoms with Crippen LogP contribution in [0.25, 0.3) is 0 Å². The minimum Gasteiger partial charge on any atom is -0.481 e. The summed E-state index contributed by atoms with van der Waals surface area (Å²) in [6, 6.07) is 5.81. The highest BCUT2D eigenvalue weighted by Crippen LogP contribution is 2.22. The predicted octanol–water partition coefficient (Wildman–Crippen LogP) is 3.02. The zero-order valence-corrected chi connectivity index (χ0v) is 14.1. The zero-order chi connectivity index (χ0) is 15.9. The molecule has 1 heterocycles. The molecule has 0 unspecified atom stereocenters. The molecule has 0 radical (unpaired) electrons. The van der Waals surface area contributed by atoms with E-state index in [1.165, 1.54) is 5.56 Å². The fraction of sp³-hybridized carbons (Fsp3) is 0.562. The van der Waals surface area contributed by atoms with E-state index in [0.717, 1.165) is 52.1 Å². The summed E-state index contributed by atoms with van der Waals surface area (Å²) >= 11 is 12.0. The highest BCUT2D eigenvalue weighted by atomic mass is 35.5. The number of hydrogen-bond donors (Lipinski definition) is 1. The first-order valence-corrected chi connectivity index (χ1v) is 8.40. The van der Waals surface area contributed by atoms with Gasteiger partial charge in [-0.3, -0.25) is 4.79 Å². The molecule has 1 aromatic carbocycles. The summed E-state index contributed by atoms with van der Waals surface area (Å²) in [5, 5.41) is 9.87. The molecule has 22 heavy (non-hydrogen) atoms. The van der Waals surface area contributed by atoms with Crippen molar-refractivity contribution in [3.8, 4) is 0 Å². The van der Waals surface area contributed by atoms with Crippen molar-refractivity contribution in [2.24, 2.45) is 0 Å². The van der Waals surface area contributed by atoms with Crippen molar-refractivity contribution in [2.75, 3.05) is 39.3 Å². The van der Waals surface area contributed by atoms with Gasteiger partial charge in [-0.15, -0.1) is 0 Å². The van der Waals surface area contributed by atoms with Crippen molar-refractivity contribution in [1.82, 2.24) is 9.80 Å². The van der Waals surface area contributed by atoms with Crippen LogP contribution < -0.4 is 0 Å². The van der Waals surface area contributed by atoms with Crippen molar-refractivity contribution in [3.05, 3.63) is 33.8 Å². The van der Waals surface area contributed by atoms with Gasteiger partial charge in [0.05, 0.1) is 10.0 Å². The minimum atomic E-state index is -0.708. The molecular weight excluding hydrogens is 323 g/mol. The SMILES string of the molecule is O=C(O)CCCN1CCN(CCc2ccc(Cl)c(Cl)c2)CC1. The predicted molar refractivity (Wildman–Crippen MR) is 89.9 cm³/mol. The quantitative estimate of drug-likeness (QED) is 0.825. The van der Waals surface area contributed by atoms with Crippen LogP contribution >= 0.6 is 23.2 Å². The maximum atomic E-state index is 10.5. The summed E-state index contributed by atoms with van der Waals surface area (Å²) in [5.41, 5.74) is 1.21. The van der Waals surface area contributed by atoms with E-state index in [2.05, 4.69) is 9.80 Å². The van der Waals surface area contributed by atoms with Gasteiger partial charge in [0.25, 0.3) is 0 Å². The van der Waals surface area contributed by atoms with Crippen molar-refractivity contribution in [1.29, 1.82) is 0 Å². The van der Waals surface area contributed by atoms with E-state index in [0.29, 0.717) is 10.0 Å². The van der Waals surface area contributed by atoms with E-state index >= 15 is 0 Å². The normalized spacial score (nSPS) is 16.8. The molecule has 0 aromatic heterocycles. The van der Waals surface area contributed by atoms with Gasteiger partial charge in [0.2, 0.25) is 0 Å². The number of halogens is 2. The van der Waals surface area contributed by atoms with Crippen molar-refractivity contribution < 1.29 is 9.90 Å². The third-order valence-electron chi connectivity index (χ3n) is 4.03. The highest BCUT2D eigenvalue weighted by Gasteiger charge is 2.16. The number of nitrogens with zero attached hydrogens (tertiary/aromatic N) is 2. The Morgan fingerprint density at radius 1 is 1.05 bits per heavy atom. The fourth-order valence-corrected chi connectivity index (χ4v) is 2.99. The van der Waals surface area contributed by atoms with Crippen LogP contribution in [0, 0.1) is 0 Å². The van der Waals surface area contributed by atoms with E-state index in [-0.39, 0.29) is 6.42 Å². The first kappa shape index (κ1) is 17.5. The van der Waals surface area contributed by atoms with Crippen molar-refractivity contribution >= 4 is 29.2 Å². The Balaban J connectivity index is 1.66. The molecule has 0 saturated carbocycles. The average Bonchev–Trinajstić information content (AvgIpc) is 2.49. The highest BCUT2D eigenvalue weighted by molar-refractivity contribution is 6.42. The van der Waals surface area contributed by atoms with E-state index in [9.17, 15) is 4.79 Å². The van der Waals surface area contributed by atoms with Crippen LogP contribution in [-0.4, -0.2) is 60.1 Å². The van der Waals surface area contributed by atoms with Gasteiger partial charge in [-0.25, -0.2) is 0 Å². The topological polar surface area (TPSA) is 43.8 Å². The standard InChI is InChI=1S/C16H22Cl2N2O2/c17-14-4-3-13(12-15(14)18)5-7-20-10-8-19(9-11-20)6-1-2-16(21)22/h3-4,12H,1-2,5-11H2,(H,21,22). The van der Waals surface area contributed by atoms with Crippen LogP contribution in [0.15, 0.2) is 18.2 Å². The lowest BCUT2D eigenvalue weighted by atomic mass is 10.1. The molecule has 1 aromatic rings. The van der Waals surface area contributed by atoms with E-state index in [1.54, 1.807) is 0 Å². The number of hydrogen-bond acceptors (Lipinski definition) is 3. The van der Waals surface area contributed by atoms with Crippen LogP contribution in [0.1, 0.15) is 18.4 Å². The smallest absolute Gasteiger partial charge is 0.303 e. The van der Waals surface area contributed by atoms with Gasteiger partial charge in [0, 0.05) is 39.1 Å². The second kappa shape index (κ2) is 8.73. The summed E-state index contributed by atoms with van der Waals surface area (Å²) in [6.45, 7) is 6.00. The van der Waals surface area contributed by atoms with Crippen LogP contribution in [0.4, 0.5) is 0 Å². The van der Waals surface area contributed by atoms with Crippen LogP contribution in [0.3, 0.4) is 0 Å². The Labute approximate surface area is 141 Å². The third kappa shape index (κ3) is 5.76. The van der Waals surface area contributed by atoms with E-state index in [1.807, 2.05) is 18.2 Å². The van der Waals surface area contributed by atoms with Gasteiger partial charge in [-0.1, -0.05) is 29.3 Å². The monoisotopic (exact) mass is 344 g/mol. The Morgan fingerprint density at radius 2 is 1.68 bits per heavy atom. The third-order valence-corrected chi connectivity index (χ3v) is 4.77. The number of rotatable bonds is 7.